The molecule has 0 spiro atoms. The van der Waals surface area contributed by atoms with Crippen molar-refractivity contribution in [1.29, 1.82) is 0 Å². The molecule has 7 aromatic rings. The molecule has 0 N–H and O–H groups in total. The molecule has 0 saturated heterocycles. The number of para-hydroxylation sites is 1. The van der Waals surface area contributed by atoms with E-state index in [0.717, 1.165) is 39.6 Å². The predicted molar refractivity (Wildman–Crippen MR) is 183 cm³/mol. The number of thioether (sulfide) groups is 1. The summed E-state index contributed by atoms with van der Waals surface area (Å²) in [6.45, 7) is 8.75. The van der Waals surface area contributed by atoms with Gasteiger partial charge in [-0.15, -0.1) is 11.8 Å². The number of nitrogens with zero attached hydrogens (tertiary/aromatic N) is 4. The van der Waals surface area contributed by atoms with Crippen LogP contribution in [0.5, 0.6) is 11.5 Å². The Morgan fingerprint density at radius 2 is 1.55 bits per heavy atom. The van der Waals surface area contributed by atoms with E-state index in [2.05, 4.69) is 111 Å². The fraction of sp³-hybridized carbons (Fsp3) is 0.158. The van der Waals surface area contributed by atoms with Gasteiger partial charge >= 0.3 is 0 Å². The van der Waals surface area contributed by atoms with Gasteiger partial charge in [-0.05, 0) is 103 Å². The summed E-state index contributed by atoms with van der Waals surface area (Å²) in [5.74, 6) is 2.83. The summed E-state index contributed by atoms with van der Waals surface area (Å²) in [4.78, 5) is 6.06. The molecule has 3 heterocycles. The predicted octanol–water partition coefficient (Wildman–Crippen LogP) is 10.3. The van der Waals surface area contributed by atoms with Crippen LogP contribution >= 0.6 is 11.8 Å². The Kier molecular flexibility index (Phi) is 7.23. The molecule has 3 aromatic heterocycles. The Labute approximate surface area is 262 Å². The maximum Gasteiger partial charge on any atom is 0.137 e. The number of aromatic nitrogens is 4. The molecule has 44 heavy (non-hydrogen) atoms. The maximum absolute atomic E-state index is 6.48. The average Bonchev–Trinajstić information content (AvgIpc) is 3.64. The highest BCUT2D eigenvalue weighted by Crippen LogP contribution is 2.36. The molecule has 0 aliphatic rings. The molecule has 0 aliphatic heterocycles. The zero-order chi connectivity index (χ0) is 30.4. The molecule has 0 atom stereocenters. The van der Waals surface area contributed by atoms with Crippen LogP contribution in [-0.4, -0.2) is 25.6 Å². The zero-order valence-electron chi connectivity index (χ0n) is 25.6. The van der Waals surface area contributed by atoms with Crippen LogP contribution in [-0.2, 0) is 0 Å². The third-order valence-electron chi connectivity index (χ3n) is 8.24. The largest absolute Gasteiger partial charge is 0.457 e. The molecular formula is C38H34N4OS. The van der Waals surface area contributed by atoms with Crippen molar-refractivity contribution in [3.8, 4) is 34.1 Å². The summed E-state index contributed by atoms with van der Waals surface area (Å²) in [7, 11) is 0. The molecule has 0 amide bonds. The van der Waals surface area contributed by atoms with Gasteiger partial charge in [-0.2, -0.15) is 5.10 Å². The Morgan fingerprint density at radius 3 is 2.34 bits per heavy atom. The van der Waals surface area contributed by atoms with Crippen LogP contribution in [0.1, 0.15) is 36.5 Å². The second-order valence-corrected chi connectivity index (χ2v) is 12.4. The van der Waals surface area contributed by atoms with Crippen molar-refractivity contribution in [2.45, 2.75) is 38.5 Å². The second kappa shape index (κ2) is 11.4. The highest BCUT2D eigenvalue weighted by Gasteiger charge is 2.16. The fourth-order valence-electron chi connectivity index (χ4n) is 6.09. The van der Waals surface area contributed by atoms with Crippen LogP contribution in [0.15, 0.2) is 114 Å². The van der Waals surface area contributed by atoms with Crippen molar-refractivity contribution >= 4 is 33.6 Å². The van der Waals surface area contributed by atoms with Crippen molar-refractivity contribution < 1.29 is 4.74 Å². The van der Waals surface area contributed by atoms with E-state index >= 15 is 0 Å². The highest BCUT2D eigenvalue weighted by molar-refractivity contribution is 7.98. The van der Waals surface area contributed by atoms with Gasteiger partial charge in [0.25, 0.3) is 0 Å². The van der Waals surface area contributed by atoms with Crippen molar-refractivity contribution in [3.63, 3.8) is 0 Å². The van der Waals surface area contributed by atoms with Crippen molar-refractivity contribution in [2.75, 3.05) is 6.26 Å². The van der Waals surface area contributed by atoms with Crippen LogP contribution in [0.25, 0.3) is 44.4 Å². The Balaban J connectivity index is 1.24. The summed E-state index contributed by atoms with van der Waals surface area (Å²) in [6, 6.07) is 31.6. The van der Waals surface area contributed by atoms with Crippen LogP contribution in [0.3, 0.4) is 0 Å². The molecule has 0 radical (unpaired) electrons. The van der Waals surface area contributed by atoms with Gasteiger partial charge in [-0.3, -0.25) is 4.57 Å². The van der Waals surface area contributed by atoms with Crippen LogP contribution in [0.4, 0.5) is 0 Å². The first-order valence-electron chi connectivity index (χ1n) is 14.9. The first-order chi connectivity index (χ1) is 21.4. The third-order valence-corrected chi connectivity index (χ3v) is 8.95. The number of fused-ring (bicyclic) bond motifs is 3. The molecular weight excluding hydrogens is 561 g/mol. The highest BCUT2D eigenvalue weighted by atomic mass is 32.2. The van der Waals surface area contributed by atoms with Gasteiger partial charge in [-0.1, -0.05) is 38.1 Å². The lowest BCUT2D eigenvalue weighted by molar-refractivity contribution is 0.483. The summed E-state index contributed by atoms with van der Waals surface area (Å²) < 4.78 is 10.6. The fourth-order valence-corrected chi connectivity index (χ4v) is 6.68. The number of aryl methyl sites for hydroxylation is 2. The Bertz CT molecular complexity index is 2130. The molecule has 7 rings (SSSR count). The SMILES string of the molecule is CSc1cc(C)c(-c2cnn(-c3cccc(Oc4ccc5c6ccccc6n(-c6cc(C(C)C)ccn6)c5c4)c3)c2)c(C)c1. The van der Waals surface area contributed by atoms with E-state index in [4.69, 9.17) is 14.8 Å². The lowest BCUT2D eigenvalue weighted by Gasteiger charge is -2.12. The van der Waals surface area contributed by atoms with Gasteiger partial charge in [0.2, 0.25) is 0 Å². The molecule has 0 unspecified atom stereocenters. The summed E-state index contributed by atoms with van der Waals surface area (Å²) in [5.41, 5.74) is 9.23. The van der Waals surface area contributed by atoms with Crippen LogP contribution < -0.4 is 4.74 Å². The molecule has 0 saturated carbocycles. The first-order valence-corrected chi connectivity index (χ1v) is 16.1. The number of rotatable bonds is 7. The van der Waals surface area contributed by atoms with E-state index in [0.29, 0.717) is 5.92 Å². The van der Waals surface area contributed by atoms with Crippen LogP contribution in [0.2, 0.25) is 0 Å². The number of ether oxygens (including phenoxy) is 1. The lowest BCUT2D eigenvalue weighted by Crippen LogP contribution is -1.99. The summed E-state index contributed by atoms with van der Waals surface area (Å²) in [5, 5.41) is 7.07. The van der Waals surface area contributed by atoms with E-state index in [9.17, 15) is 0 Å². The molecule has 5 nitrogen and oxygen atoms in total. The minimum atomic E-state index is 0.413. The Morgan fingerprint density at radius 1 is 0.773 bits per heavy atom. The van der Waals surface area contributed by atoms with E-state index < -0.39 is 0 Å². The molecule has 218 valence electrons. The minimum absolute atomic E-state index is 0.413. The van der Waals surface area contributed by atoms with E-state index in [1.165, 1.54) is 37.9 Å². The van der Waals surface area contributed by atoms with Gasteiger partial charge in [0, 0.05) is 45.8 Å². The van der Waals surface area contributed by atoms with E-state index in [1.807, 2.05) is 41.3 Å². The van der Waals surface area contributed by atoms with Gasteiger partial charge < -0.3 is 4.74 Å². The smallest absolute Gasteiger partial charge is 0.137 e. The normalized spacial score (nSPS) is 11.6. The topological polar surface area (TPSA) is 44.9 Å². The number of hydrogen-bond acceptors (Lipinski definition) is 4. The average molecular weight is 595 g/mol. The third kappa shape index (κ3) is 5.05. The molecule has 6 heteroatoms. The van der Waals surface area contributed by atoms with E-state index in [1.54, 1.807) is 11.8 Å². The zero-order valence-corrected chi connectivity index (χ0v) is 26.4. The summed E-state index contributed by atoms with van der Waals surface area (Å²) in [6.07, 6.45) is 8.05. The van der Waals surface area contributed by atoms with Gasteiger partial charge in [-0.25, -0.2) is 9.67 Å². The Hall–Kier alpha value is -4.81. The monoisotopic (exact) mass is 594 g/mol. The van der Waals surface area contributed by atoms with E-state index in [-0.39, 0.29) is 0 Å². The number of benzene rings is 4. The van der Waals surface area contributed by atoms with Crippen molar-refractivity contribution in [1.82, 2.24) is 19.3 Å². The standard InChI is InChI=1S/C38H34N4OS/c1-24(2)27-15-16-39-37(19-27)42-35-12-7-6-11-33(35)34-14-13-31(21-36(34)42)43-30-10-8-9-29(20-30)41-23-28(22-40-41)38-25(3)17-32(44-5)18-26(38)4/h6-24H,1-5H3. The molecule has 4 aromatic carbocycles. The van der Waals surface area contributed by atoms with Gasteiger partial charge in [0.1, 0.15) is 17.3 Å². The maximum atomic E-state index is 6.48. The lowest BCUT2D eigenvalue weighted by atomic mass is 9.98. The minimum Gasteiger partial charge on any atom is -0.457 e. The number of pyridine rings is 1. The second-order valence-electron chi connectivity index (χ2n) is 11.5. The molecule has 0 fully saturated rings. The molecule has 0 aliphatic carbocycles. The quantitative estimate of drug-likeness (QED) is 0.172. The van der Waals surface area contributed by atoms with Crippen molar-refractivity contribution in [2.24, 2.45) is 0 Å². The van der Waals surface area contributed by atoms with Gasteiger partial charge in [0.15, 0.2) is 0 Å². The van der Waals surface area contributed by atoms with Gasteiger partial charge in [0.05, 0.1) is 22.9 Å². The van der Waals surface area contributed by atoms with Crippen LogP contribution in [0, 0.1) is 13.8 Å². The van der Waals surface area contributed by atoms with Crippen molar-refractivity contribution in [3.05, 3.63) is 126 Å². The number of hydrogen-bond donors (Lipinski definition) is 0. The first kappa shape index (κ1) is 28.0. The summed E-state index contributed by atoms with van der Waals surface area (Å²) >= 11 is 1.77. The molecule has 0 bridgehead atoms.